The molecule has 12 heteroatoms. The van der Waals surface area contributed by atoms with Crippen molar-refractivity contribution in [2.75, 3.05) is 14.2 Å². The molecule has 232 valence electrons. The van der Waals surface area contributed by atoms with Gasteiger partial charge >= 0.3 is 11.9 Å². The van der Waals surface area contributed by atoms with Gasteiger partial charge in [-0.15, -0.1) is 11.5 Å². The zero-order valence-electron chi connectivity index (χ0n) is 26.2. The molecule has 0 atom stereocenters. The number of hydrogen-bond donors (Lipinski definition) is 1. The third-order valence-electron chi connectivity index (χ3n) is 5.20. The summed E-state index contributed by atoms with van der Waals surface area (Å²) in [6.45, 7) is 11.1. The molecule has 2 aromatic carbocycles. The minimum absolute atomic E-state index is 0.112. The zero-order valence-corrected chi connectivity index (χ0v) is 26.2. The highest BCUT2D eigenvalue weighted by atomic mass is 16.5. The van der Waals surface area contributed by atoms with Gasteiger partial charge in [-0.05, 0) is 89.1 Å². The van der Waals surface area contributed by atoms with Gasteiger partial charge in [-0.1, -0.05) is 0 Å². The Hall–Kier alpha value is -5.44. The summed E-state index contributed by atoms with van der Waals surface area (Å²) in [4.78, 5) is 29.9. The van der Waals surface area contributed by atoms with Gasteiger partial charge in [-0.25, -0.2) is 24.2 Å². The monoisotopic (exact) mass is 602 g/mol. The first kappa shape index (κ1) is 34.8. The van der Waals surface area contributed by atoms with E-state index in [1.165, 1.54) is 29.6 Å². The lowest BCUT2D eigenvalue weighted by molar-refractivity contribution is -0.141. The number of H-pyrrole nitrogens is 1. The van der Waals surface area contributed by atoms with Gasteiger partial charge < -0.3 is 18.9 Å². The molecule has 4 rings (SSSR count). The van der Waals surface area contributed by atoms with Gasteiger partial charge in [0.05, 0.1) is 26.4 Å². The van der Waals surface area contributed by atoms with E-state index in [1.807, 2.05) is 56.2 Å². The van der Waals surface area contributed by atoms with E-state index in [4.69, 9.17) is 20.6 Å². The lowest BCUT2D eigenvalue weighted by atomic mass is 10.1. The predicted molar refractivity (Wildman–Crippen MR) is 166 cm³/mol. The largest absolute Gasteiger partial charge is 0.497 e. The number of ether oxygens (including phenoxy) is 4. The molecule has 2 heterocycles. The van der Waals surface area contributed by atoms with Crippen molar-refractivity contribution in [3.63, 3.8) is 0 Å². The molecule has 0 radical (unpaired) electrons. The number of aromatic nitrogens is 6. The van der Waals surface area contributed by atoms with Crippen LogP contribution in [-0.2, 0) is 19.1 Å². The Labute approximate surface area is 257 Å². The first-order chi connectivity index (χ1) is 20.9. The summed E-state index contributed by atoms with van der Waals surface area (Å²) >= 11 is 0. The average Bonchev–Trinajstić information content (AvgIpc) is 3.68. The maximum absolute atomic E-state index is 11.4. The van der Waals surface area contributed by atoms with E-state index in [0.717, 1.165) is 39.6 Å². The number of aromatic amines is 1. The molecule has 0 fully saturated rings. The van der Waals surface area contributed by atoms with Crippen molar-refractivity contribution in [2.45, 2.75) is 53.8 Å². The molecule has 0 saturated carbocycles. The molecule has 0 aliphatic carbocycles. The number of esters is 2. The Kier molecular flexibility index (Phi) is 13.8. The summed E-state index contributed by atoms with van der Waals surface area (Å²) in [7, 11) is 3.27. The van der Waals surface area contributed by atoms with E-state index in [1.54, 1.807) is 41.9 Å². The third kappa shape index (κ3) is 12.2. The van der Waals surface area contributed by atoms with Crippen molar-refractivity contribution >= 4 is 18.1 Å². The van der Waals surface area contributed by atoms with Gasteiger partial charge in [0.25, 0.3) is 0 Å². The van der Waals surface area contributed by atoms with Crippen molar-refractivity contribution < 1.29 is 28.5 Å². The third-order valence-corrected chi connectivity index (χ3v) is 5.20. The summed E-state index contributed by atoms with van der Waals surface area (Å²) in [6, 6.07) is 11.7. The second-order valence-electron chi connectivity index (χ2n) is 9.76. The molecule has 2 aromatic heterocycles. The topological polar surface area (TPSA) is 143 Å². The van der Waals surface area contributed by atoms with Gasteiger partial charge in [-0.2, -0.15) is 5.10 Å². The van der Waals surface area contributed by atoms with Gasteiger partial charge in [0.2, 0.25) is 0 Å². The predicted octanol–water partition coefficient (Wildman–Crippen LogP) is 5.04. The maximum Gasteiger partial charge on any atom is 0.384 e. The van der Waals surface area contributed by atoms with Crippen molar-refractivity contribution in [1.82, 2.24) is 29.9 Å². The molecule has 0 unspecified atom stereocenters. The van der Waals surface area contributed by atoms with Gasteiger partial charge in [0, 0.05) is 29.3 Å². The first-order valence-electron chi connectivity index (χ1n) is 13.6. The molecule has 1 N–H and O–H groups in total. The number of nitrogens with one attached hydrogen (secondary N) is 1. The highest BCUT2D eigenvalue weighted by molar-refractivity contribution is 5.87. The minimum atomic E-state index is -0.597. The molecule has 44 heavy (non-hydrogen) atoms. The van der Waals surface area contributed by atoms with E-state index < -0.39 is 11.9 Å². The lowest BCUT2D eigenvalue weighted by Crippen LogP contribution is -2.08. The number of benzene rings is 2. The Morgan fingerprint density at radius 1 is 0.886 bits per heavy atom. The molecule has 0 aliphatic heterocycles. The lowest BCUT2D eigenvalue weighted by Gasteiger charge is -2.04. The van der Waals surface area contributed by atoms with Crippen LogP contribution in [0.2, 0.25) is 0 Å². The van der Waals surface area contributed by atoms with Crippen molar-refractivity contribution in [2.24, 2.45) is 0 Å². The molecule has 12 nitrogen and oxygen atoms in total. The van der Waals surface area contributed by atoms with Gasteiger partial charge in [0.1, 0.15) is 24.2 Å². The molecule has 0 aliphatic rings. The number of carbonyl (C=O) groups is 2. The Balaban J connectivity index is 0.000000261. The Morgan fingerprint density at radius 3 is 1.98 bits per heavy atom. The molecule has 0 amide bonds. The van der Waals surface area contributed by atoms with Gasteiger partial charge in [0.15, 0.2) is 11.6 Å². The SMILES string of the molecule is C#CC(=O)OC(C)C.COc1cc(C)cc(-c2ncn(/C=C\C(=O)OC(C)C)n2)c1.COc1cc(C)cc(-c2ncn[nH]2)c1. The average molecular weight is 603 g/mol. The van der Waals surface area contributed by atoms with E-state index in [9.17, 15) is 9.59 Å². The zero-order chi connectivity index (χ0) is 32.6. The van der Waals surface area contributed by atoms with Crippen LogP contribution in [0.15, 0.2) is 55.1 Å². The van der Waals surface area contributed by atoms with E-state index in [-0.39, 0.29) is 12.2 Å². The summed E-state index contributed by atoms with van der Waals surface area (Å²) in [5, 5.41) is 10.9. The molecular formula is C32H38N6O6. The normalized spacial score (nSPS) is 10.3. The number of rotatable bonds is 8. The number of hydrogen-bond acceptors (Lipinski definition) is 10. The number of terminal acetylenes is 1. The quantitative estimate of drug-likeness (QED) is 0.126. The highest BCUT2D eigenvalue weighted by Gasteiger charge is 2.07. The van der Waals surface area contributed by atoms with Crippen LogP contribution in [-0.4, -0.2) is 68.3 Å². The smallest absolute Gasteiger partial charge is 0.384 e. The second kappa shape index (κ2) is 17.5. The maximum atomic E-state index is 11.4. The fraction of sp³-hybridized carbons (Fsp3) is 0.312. The number of methoxy groups -OCH3 is 2. The standard InChI is InChI=1S/C16H19N3O3.C10H11N3O.C6H8O2/c1-11(2)22-15(20)5-6-19-10-17-16(18-19)13-7-12(3)8-14(9-13)21-4;1-7-3-8(5-9(4-7)14-2)10-11-6-12-13-10;1-4-6(7)8-5(2)3/h5-11H,1-4H3;3-6H,1-2H3,(H,11,12,13);1,5H,2-3H3/b6-5-;;. The number of carbonyl (C=O) groups excluding carboxylic acids is 2. The highest BCUT2D eigenvalue weighted by Crippen LogP contribution is 2.24. The second-order valence-corrected chi connectivity index (χ2v) is 9.76. The molecular weight excluding hydrogens is 564 g/mol. The first-order valence-corrected chi connectivity index (χ1v) is 13.6. The van der Waals surface area contributed by atoms with Crippen LogP contribution in [0.4, 0.5) is 0 Å². The molecule has 0 bridgehead atoms. The minimum Gasteiger partial charge on any atom is -0.497 e. The van der Waals surface area contributed by atoms with Crippen LogP contribution in [0.1, 0.15) is 38.8 Å². The van der Waals surface area contributed by atoms with Crippen LogP contribution in [0.3, 0.4) is 0 Å². The molecule has 4 aromatic rings. The van der Waals surface area contributed by atoms with Crippen molar-refractivity contribution in [1.29, 1.82) is 0 Å². The van der Waals surface area contributed by atoms with Crippen molar-refractivity contribution in [3.8, 4) is 46.6 Å². The van der Waals surface area contributed by atoms with E-state index in [0.29, 0.717) is 5.82 Å². The fourth-order valence-corrected chi connectivity index (χ4v) is 3.48. The van der Waals surface area contributed by atoms with E-state index >= 15 is 0 Å². The Morgan fingerprint density at radius 2 is 1.48 bits per heavy atom. The van der Waals surface area contributed by atoms with E-state index in [2.05, 4.69) is 30.0 Å². The number of aryl methyl sites for hydroxylation is 2. The Bertz CT molecular complexity index is 1570. The molecule has 0 saturated heterocycles. The van der Waals surface area contributed by atoms with Crippen LogP contribution >= 0.6 is 0 Å². The van der Waals surface area contributed by atoms with Crippen molar-refractivity contribution in [3.05, 3.63) is 66.3 Å². The van der Waals surface area contributed by atoms with Gasteiger partial charge in [-0.3, -0.25) is 5.10 Å². The van der Waals surface area contributed by atoms with Crippen LogP contribution in [0.25, 0.3) is 29.0 Å². The molecule has 0 spiro atoms. The number of nitrogens with zero attached hydrogens (tertiary/aromatic N) is 5. The summed E-state index contributed by atoms with van der Waals surface area (Å²) in [5.74, 6) is 3.72. The van der Waals surface area contributed by atoms with Crippen LogP contribution < -0.4 is 9.47 Å². The summed E-state index contributed by atoms with van der Waals surface area (Å²) in [6.07, 6.45) is 10.3. The van der Waals surface area contributed by atoms with Crippen LogP contribution in [0.5, 0.6) is 11.5 Å². The summed E-state index contributed by atoms with van der Waals surface area (Å²) in [5.41, 5.74) is 4.03. The summed E-state index contributed by atoms with van der Waals surface area (Å²) < 4.78 is 21.4. The fourth-order valence-electron chi connectivity index (χ4n) is 3.48. The van der Waals surface area contributed by atoms with Crippen LogP contribution in [0, 0.1) is 26.2 Å².